The van der Waals surface area contributed by atoms with Crippen molar-refractivity contribution in [1.82, 2.24) is 0 Å². The van der Waals surface area contributed by atoms with Gasteiger partial charge in [-0.2, -0.15) is 0 Å². The summed E-state index contributed by atoms with van der Waals surface area (Å²) in [6.45, 7) is 4.48. The molecule has 0 amide bonds. The Hall–Kier alpha value is -0.530. The molecule has 1 fully saturated rings. The van der Waals surface area contributed by atoms with E-state index in [1.807, 2.05) is 0 Å². The Balaban J connectivity index is 2.27. The van der Waals surface area contributed by atoms with Crippen molar-refractivity contribution >= 4 is 5.97 Å². The van der Waals surface area contributed by atoms with Crippen molar-refractivity contribution in [2.24, 2.45) is 17.8 Å². The summed E-state index contributed by atoms with van der Waals surface area (Å²) in [6.07, 6.45) is 13.4. The van der Waals surface area contributed by atoms with Gasteiger partial charge in [0.2, 0.25) is 0 Å². The van der Waals surface area contributed by atoms with Crippen molar-refractivity contribution in [3.63, 3.8) is 0 Å². The summed E-state index contributed by atoms with van der Waals surface area (Å²) in [5, 5.41) is 9.34. The second kappa shape index (κ2) is 9.39. The van der Waals surface area contributed by atoms with E-state index in [1.165, 1.54) is 44.9 Å². The second-order valence-corrected chi connectivity index (χ2v) is 6.35. The zero-order valence-corrected chi connectivity index (χ0v) is 12.9. The largest absolute Gasteiger partial charge is 0.481 e. The topological polar surface area (TPSA) is 37.3 Å². The molecule has 2 nitrogen and oxygen atoms in total. The highest BCUT2D eigenvalue weighted by Gasteiger charge is 2.33. The Labute approximate surface area is 119 Å². The first-order valence-electron chi connectivity index (χ1n) is 8.41. The fourth-order valence-corrected chi connectivity index (χ4v) is 3.56. The van der Waals surface area contributed by atoms with Crippen molar-refractivity contribution in [3.05, 3.63) is 0 Å². The summed E-state index contributed by atoms with van der Waals surface area (Å²) in [7, 11) is 0. The molecule has 0 aromatic heterocycles. The fourth-order valence-electron chi connectivity index (χ4n) is 3.56. The minimum Gasteiger partial charge on any atom is -0.481 e. The Kier molecular flexibility index (Phi) is 8.16. The number of rotatable bonds is 9. The average molecular weight is 268 g/mol. The molecule has 0 heterocycles. The van der Waals surface area contributed by atoms with Crippen molar-refractivity contribution < 1.29 is 9.90 Å². The van der Waals surface area contributed by atoms with E-state index in [2.05, 4.69) is 13.8 Å². The third-order valence-electron chi connectivity index (χ3n) is 4.91. The number of unbranched alkanes of at least 4 members (excludes halogenated alkanes) is 5. The minimum absolute atomic E-state index is 0.0570. The number of carboxylic acids is 1. The minimum atomic E-state index is -0.550. The molecule has 1 rings (SSSR count). The molecule has 0 saturated heterocycles. The van der Waals surface area contributed by atoms with Crippen LogP contribution in [0.3, 0.4) is 0 Å². The molecule has 112 valence electrons. The van der Waals surface area contributed by atoms with Gasteiger partial charge < -0.3 is 5.11 Å². The van der Waals surface area contributed by atoms with Gasteiger partial charge in [-0.3, -0.25) is 4.79 Å². The van der Waals surface area contributed by atoms with Gasteiger partial charge >= 0.3 is 5.97 Å². The molecule has 19 heavy (non-hydrogen) atoms. The van der Waals surface area contributed by atoms with E-state index < -0.39 is 5.97 Å². The van der Waals surface area contributed by atoms with E-state index in [1.54, 1.807) is 0 Å². The van der Waals surface area contributed by atoms with Crippen molar-refractivity contribution in [3.8, 4) is 0 Å². The molecule has 0 aromatic rings. The first-order chi connectivity index (χ1) is 9.19. The summed E-state index contributed by atoms with van der Waals surface area (Å²) in [6, 6.07) is 0. The number of carbonyl (C=O) groups is 1. The summed E-state index contributed by atoms with van der Waals surface area (Å²) >= 11 is 0. The Morgan fingerprint density at radius 2 is 1.74 bits per heavy atom. The van der Waals surface area contributed by atoms with Crippen LogP contribution in [0, 0.1) is 17.8 Å². The van der Waals surface area contributed by atoms with Crippen LogP contribution in [0.1, 0.15) is 84.5 Å². The van der Waals surface area contributed by atoms with Gasteiger partial charge in [0.1, 0.15) is 0 Å². The van der Waals surface area contributed by atoms with Gasteiger partial charge in [0.25, 0.3) is 0 Å². The van der Waals surface area contributed by atoms with Gasteiger partial charge in [-0.25, -0.2) is 0 Å². The van der Waals surface area contributed by atoms with Crippen LogP contribution in [0.4, 0.5) is 0 Å². The normalized spacial score (nSPS) is 27.4. The van der Waals surface area contributed by atoms with E-state index in [4.69, 9.17) is 0 Å². The lowest BCUT2D eigenvalue weighted by atomic mass is 9.71. The van der Waals surface area contributed by atoms with Gasteiger partial charge in [0.05, 0.1) is 5.92 Å². The highest BCUT2D eigenvalue weighted by Crippen LogP contribution is 2.38. The monoisotopic (exact) mass is 268 g/mol. The summed E-state index contributed by atoms with van der Waals surface area (Å²) in [5.74, 6) is 0.618. The van der Waals surface area contributed by atoms with Gasteiger partial charge in [-0.1, -0.05) is 58.8 Å². The van der Waals surface area contributed by atoms with Crippen LogP contribution in [-0.4, -0.2) is 11.1 Å². The van der Waals surface area contributed by atoms with Crippen LogP contribution < -0.4 is 0 Å². The lowest BCUT2D eigenvalue weighted by molar-refractivity contribution is -0.145. The third kappa shape index (κ3) is 5.97. The molecule has 3 unspecified atom stereocenters. The van der Waals surface area contributed by atoms with Crippen LogP contribution in [-0.2, 0) is 4.79 Å². The van der Waals surface area contributed by atoms with Crippen molar-refractivity contribution in [2.45, 2.75) is 84.5 Å². The van der Waals surface area contributed by atoms with Gasteiger partial charge in [0.15, 0.2) is 0 Å². The van der Waals surface area contributed by atoms with Crippen LogP contribution in [0.2, 0.25) is 0 Å². The van der Waals surface area contributed by atoms with Crippen molar-refractivity contribution in [2.75, 3.05) is 0 Å². The molecule has 1 N–H and O–H groups in total. The second-order valence-electron chi connectivity index (χ2n) is 6.35. The molecule has 3 atom stereocenters. The Morgan fingerprint density at radius 1 is 1.05 bits per heavy atom. The lowest BCUT2D eigenvalue weighted by Crippen LogP contribution is -2.30. The SMILES string of the molecule is CCCCCCCCC1CC(CC)CCC1C(=O)O. The van der Waals surface area contributed by atoms with E-state index in [9.17, 15) is 9.90 Å². The molecular weight excluding hydrogens is 236 g/mol. The maximum atomic E-state index is 11.3. The van der Waals surface area contributed by atoms with Gasteiger partial charge in [-0.15, -0.1) is 0 Å². The summed E-state index contributed by atoms with van der Waals surface area (Å²) in [4.78, 5) is 11.3. The summed E-state index contributed by atoms with van der Waals surface area (Å²) in [5.41, 5.74) is 0. The quantitative estimate of drug-likeness (QED) is 0.579. The van der Waals surface area contributed by atoms with Crippen molar-refractivity contribution in [1.29, 1.82) is 0 Å². The maximum Gasteiger partial charge on any atom is 0.306 e. The zero-order chi connectivity index (χ0) is 14.1. The first-order valence-corrected chi connectivity index (χ1v) is 8.41. The standard InChI is InChI=1S/C17H32O2/c1-3-5-6-7-8-9-10-15-13-14(4-2)11-12-16(15)17(18)19/h14-16H,3-13H2,1-2H3,(H,18,19). The zero-order valence-electron chi connectivity index (χ0n) is 12.9. The molecule has 1 saturated carbocycles. The van der Waals surface area contributed by atoms with Crippen LogP contribution >= 0.6 is 0 Å². The Bertz CT molecular complexity index is 250. The fraction of sp³-hybridized carbons (Fsp3) is 0.941. The molecule has 2 heteroatoms. The predicted molar refractivity (Wildman–Crippen MR) is 80.2 cm³/mol. The van der Waals surface area contributed by atoms with E-state index in [-0.39, 0.29) is 5.92 Å². The Morgan fingerprint density at radius 3 is 2.37 bits per heavy atom. The number of hydrogen-bond donors (Lipinski definition) is 1. The van der Waals surface area contributed by atoms with Crippen LogP contribution in [0.25, 0.3) is 0 Å². The highest BCUT2D eigenvalue weighted by atomic mass is 16.4. The van der Waals surface area contributed by atoms with Gasteiger partial charge in [0, 0.05) is 0 Å². The van der Waals surface area contributed by atoms with E-state index >= 15 is 0 Å². The van der Waals surface area contributed by atoms with Crippen LogP contribution in [0.15, 0.2) is 0 Å². The molecule has 0 spiro atoms. The molecule has 0 bridgehead atoms. The number of hydrogen-bond acceptors (Lipinski definition) is 1. The molecule has 0 aliphatic heterocycles. The maximum absolute atomic E-state index is 11.3. The molecule has 1 aliphatic carbocycles. The number of carboxylic acid groups (broad SMARTS) is 1. The molecule has 0 radical (unpaired) electrons. The first kappa shape index (κ1) is 16.5. The number of aliphatic carboxylic acids is 1. The molecule has 0 aromatic carbocycles. The van der Waals surface area contributed by atoms with E-state index in [0.717, 1.165) is 31.6 Å². The summed E-state index contributed by atoms with van der Waals surface area (Å²) < 4.78 is 0. The molecular formula is C17H32O2. The lowest BCUT2D eigenvalue weighted by Gasteiger charge is -2.33. The average Bonchev–Trinajstić information content (AvgIpc) is 2.42. The highest BCUT2D eigenvalue weighted by molar-refractivity contribution is 5.70. The smallest absolute Gasteiger partial charge is 0.306 e. The van der Waals surface area contributed by atoms with Crippen LogP contribution in [0.5, 0.6) is 0 Å². The molecule has 1 aliphatic rings. The van der Waals surface area contributed by atoms with E-state index in [0.29, 0.717) is 5.92 Å². The predicted octanol–water partition coefficient (Wildman–Crippen LogP) is 5.26. The van der Waals surface area contributed by atoms with Gasteiger partial charge in [-0.05, 0) is 37.5 Å². The third-order valence-corrected chi connectivity index (χ3v) is 4.91.